The van der Waals surface area contributed by atoms with Crippen LogP contribution in [0.5, 0.6) is 5.75 Å². The third-order valence-corrected chi connectivity index (χ3v) is 5.03. The van der Waals surface area contributed by atoms with Crippen molar-refractivity contribution in [1.29, 1.82) is 0 Å². The predicted octanol–water partition coefficient (Wildman–Crippen LogP) is 4.67. The third-order valence-electron chi connectivity index (χ3n) is 4.41. The number of hydrogen-bond acceptors (Lipinski definition) is 7. The summed E-state index contributed by atoms with van der Waals surface area (Å²) in [6.45, 7) is 2.46. The SMILES string of the molecule is COCCOC(=O)c1c(C)oc2cc(Br)c(OCc3ccc(C(=O)OC)cc3)cc12. The molecule has 0 unspecified atom stereocenters. The van der Waals surface area contributed by atoms with Crippen LogP contribution in [0.25, 0.3) is 11.0 Å². The summed E-state index contributed by atoms with van der Waals surface area (Å²) in [6.07, 6.45) is 0. The third kappa shape index (κ3) is 4.83. The second-order valence-corrected chi connectivity index (χ2v) is 7.27. The molecule has 0 bridgehead atoms. The van der Waals surface area contributed by atoms with Crippen LogP contribution in [0.15, 0.2) is 45.3 Å². The summed E-state index contributed by atoms with van der Waals surface area (Å²) in [6, 6.07) is 10.4. The van der Waals surface area contributed by atoms with Crippen molar-refractivity contribution in [1.82, 2.24) is 0 Å². The number of fused-ring (bicyclic) bond motifs is 1. The molecule has 0 spiro atoms. The number of methoxy groups -OCH3 is 2. The van der Waals surface area contributed by atoms with E-state index in [1.165, 1.54) is 14.2 Å². The second kappa shape index (κ2) is 9.77. The van der Waals surface area contributed by atoms with Crippen LogP contribution in [0.1, 0.15) is 32.0 Å². The quantitative estimate of drug-likeness (QED) is 0.344. The van der Waals surface area contributed by atoms with Gasteiger partial charge >= 0.3 is 11.9 Å². The summed E-state index contributed by atoms with van der Waals surface area (Å²) in [5.74, 6) is 0.145. The van der Waals surface area contributed by atoms with Crippen molar-refractivity contribution >= 4 is 38.8 Å². The molecular weight excluding hydrogens is 456 g/mol. The first-order valence-corrected chi connectivity index (χ1v) is 9.92. The van der Waals surface area contributed by atoms with Crippen molar-refractivity contribution in [3.8, 4) is 5.75 Å². The van der Waals surface area contributed by atoms with Crippen molar-refractivity contribution in [2.45, 2.75) is 13.5 Å². The van der Waals surface area contributed by atoms with Crippen molar-refractivity contribution in [3.05, 3.63) is 63.3 Å². The minimum atomic E-state index is -0.477. The first kappa shape index (κ1) is 21.9. The van der Waals surface area contributed by atoms with Crippen LogP contribution in [0.2, 0.25) is 0 Å². The average molecular weight is 477 g/mol. The van der Waals surface area contributed by atoms with Crippen LogP contribution >= 0.6 is 15.9 Å². The largest absolute Gasteiger partial charge is 0.488 e. The number of furan rings is 1. The maximum Gasteiger partial charge on any atom is 0.342 e. The van der Waals surface area contributed by atoms with Gasteiger partial charge in [0.1, 0.15) is 35.9 Å². The smallest absolute Gasteiger partial charge is 0.342 e. The molecule has 0 radical (unpaired) electrons. The van der Waals surface area contributed by atoms with Gasteiger partial charge < -0.3 is 23.4 Å². The van der Waals surface area contributed by atoms with E-state index in [4.69, 9.17) is 23.4 Å². The van der Waals surface area contributed by atoms with Crippen LogP contribution in [0.3, 0.4) is 0 Å². The Morgan fingerprint density at radius 2 is 1.77 bits per heavy atom. The molecule has 3 rings (SSSR count). The standard InChI is InChI=1S/C22H21BrO7/c1-13-20(22(25)28-9-8-26-2)16-10-19(17(23)11-18(16)30-13)29-12-14-4-6-15(7-5-14)21(24)27-3/h4-7,10-11H,8-9,12H2,1-3H3. The van der Waals surface area contributed by atoms with Gasteiger partial charge in [-0.25, -0.2) is 9.59 Å². The Bertz CT molecular complexity index is 1050. The lowest BCUT2D eigenvalue weighted by Gasteiger charge is -2.09. The van der Waals surface area contributed by atoms with Gasteiger partial charge in [0, 0.05) is 12.5 Å². The summed E-state index contributed by atoms with van der Waals surface area (Å²) >= 11 is 3.47. The van der Waals surface area contributed by atoms with E-state index in [1.807, 2.05) is 0 Å². The zero-order valence-corrected chi connectivity index (χ0v) is 18.4. The Morgan fingerprint density at radius 3 is 2.43 bits per heavy atom. The normalized spacial score (nSPS) is 10.8. The molecule has 0 fully saturated rings. The highest BCUT2D eigenvalue weighted by molar-refractivity contribution is 9.10. The fraction of sp³-hybridized carbons (Fsp3) is 0.273. The van der Waals surface area contributed by atoms with E-state index < -0.39 is 11.9 Å². The van der Waals surface area contributed by atoms with E-state index in [0.29, 0.717) is 44.7 Å². The predicted molar refractivity (Wildman–Crippen MR) is 113 cm³/mol. The summed E-state index contributed by atoms with van der Waals surface area (Å²) < 4.78 is 27.2. The van der Waals surface area contributed by atoms with Gasteiger partial charge in [-0.3, -0.25) is 0 Å². The van der Waals surface area contributed by atoms with E-state index in [9.17, 15) is 9.59 Å². The zero-order valence-electron chi connectivity index (χ0n) is 16.8. The fourth-order valence-electron chi connectivity index (χ4n) is 2.89. The van der Waals surface area contributed by atoms with E-state index in [2.05, 4.69) is 15.9 Å². The molecule has 0 aliphatic carbocycles. The molecule has 0 aliphatic heterocycles. The number of aryl methyl sites for hydroxylation is 1. The Kier molecular flexibility index (Phi) is 7.12. The zero-order chi connectivity index (χ0) is 21.7. The van der Waals surface area contributed by atoms with Gasteiger partial charge in [-0.05, 0) is 52.7 Å². The van der Waals surface area contributed by atoms with Crippen LogP contribution in [0, 0.1) is 6.92 Å². The number of benzene rings is 2. The number of ether oxygens (including phenoxy) is 4. The van der Waals surface area contributed by atoms with Gasteiger partial charge in [-0.1, -0.05) is 12.1 Å². The molecule has 0 atom stereocenters. The van der Waals surface area contributed by atoms with Gasteiger partial charge in [0.15, 0.2) is 0 Å². The number of rotatable bonds is 8. The Labute approximate surface area is 182 Å². The molecule has 3 aromatic rings. The highest BCUT2D eigenvalue weighted by Crippen LogP contribution is 2.35. The lowest BCUT2D eigenvalue weighted by molar-refractivity contribution is 0.0388. The first-order chi connectivity index (χ1) is 14.4. The van der Waals surface area contributed by atoms with Crippen molar-refractivity contribution in [2.24, 2.45) is 0 Å². The molecule has 1 heterocycles. The molecule has 0 saturated heterocycles. The number of carbonyl (C=O) groups is 2. The monoisotopic (exact) mass is 476 g/mol. The van der Waals surface area contributed by atoms with Crippen molar-refractivity contribution in [2.75, 3.05) is 27.4 Å². The van der Waals surface area contributed by atoms with E-state index >= 15 is 0 Å². The molecule has 2 aromatic carbocycles. The topological polar surface area (TPSA) is 84.2 Å². The molecule has 158 valence electrons. The summed E-state index contributed by atoms with van der Waals surface area (Å²) in [5.41, 5.74) is 2.25. The van der Waals surface area contributed by atoms with Gasteiger partial charge in [0.05, 0.1) is 23.8 Å². The van der Waals surface area contributed by atoms with Crippen molar-refractivity contribution < 1.29 is 33.0 Å². The van der Waals surface area contributed by atoms with Crippen LogP contribution in [0.4, 0.5) is 0 Å². The first-order valence-electron chi connectivity index (χ1n) is 9.13. The number of carbonyl (C=O) groups excluding carboxylic acids is 2. The summed E-state index contributed by atoms with van der Waals surface area (Å²) in [4.78, 5) is 24.0. The maximum atomic E-state index is 12.5. The highest BCUT2D eigenvalue weighted by Gasteiger charge is 2.21. The van der Waals surface area contributed by atoms with Crippen LogP contribution < -0.4 is 4.74 Å². The second-order valence-electron chi connectivity index (χ2n) is 6.42. The van der Waals surface area contributed by atoms with Gasteiger partial charge in [0.25, 0.3) is 0 Å². The number of halogens is 1. The van der Waals surface area contributed by atoms with Crippen LogP contribution in [-0.2, 0) is 20.8 Å². The molecule has 0 amide bonds. The lowest BCUT2D eigenvalue weighted by atomic mass is 10.1. The van der Waals surface area contributed by atoms with Gasteiger partial charge in [0.2, 0.25) is 0 Å². The van der Waals surface area contributed by atoms with Gasteiger partial charge in [-0.2, -0.15) is 0 Å². The number of esters is 2. The molecule has 30 heavy (non-hydrogen) atoms. The van der Waals surface area contributed by atoms with Gasteiger partial charge in [-0.15, -0.1) is 0 Å². The van der Waals surface area contributed by atoms with E-state index in [-0.39, 0.29) is 13.2 Å². The van der Waals surface area contributed by atoms with Crippen molar-refractivity contribution in [3.63, 3.8) is 0 Å². The molecule has 8 heteroatoms. The molecule has 0 saturated carbocycles. The summed E-state index contributed by atoms with van der Waals surface area (Å²) in [7, 11) is 2.88. The molecular formula is C22H21BrO7. The minimum absolute atomic E-state index is 0.156. The Balaban J connectivity index is 1.80. The Morgan fingerprint density at radius 1 is 1.03 bits per heavy atom. The minimum Gasteiger partial charge on any atom is -0.488 e. The lowest BCUT2D eigenvalue weighted by Crippen LogP contribution is -2.10. The molecule has 0 aliphatic rings. The molecule has 7 nitrogen and oxygen atoms in total. The fourth-order valence-corrected chi connectivity index (χ4v) is 3.33. The Hall–Kier alpha value is -2.84. The van der Waals surface area contributed by atoms with E-state index in [1.54, 1.807) is 43.3 Å². The number of hydrogen-bond donors (Lipinski definition) is 0. The molecule has 0 N–H and O–H groups in total. The summed E-state index contributed by atoms with van der Waals surface area (Å²) in [5, 5.41) is 0.606. The van der Waals surface area contributed by atoms with Crippen LogP contribution in [-0.4, -0.2) is 39.4 Å². The average Bonchev–Trinajstić information content (AvgIpc) is 3.06. The molecule has 1 aromatic heterocycles. The highest BCUT2D eigenvalue weighted by atomic mass is 79.9. The van der Waals surface area contributed by atoms with E-state index in [0.717, 1.165) is 5.56 Å². The maximum absolute atomic E-state index is 12.5.